The van der Waals surface area contributed by atoms with Gasteiger partial charge in [-0.15, -0.1) is 0 Å². The van der Waals surface area contributed by atoms with Crippen LogP contribution in [0.3, 0.4) is 0 Å². The van der Waals surface area contributed by atoms with E-state index in [9.17, 15) is 9.59 Å². The molecule has 0 saturated carbocycles. The summed E-state index contributed by atoms with van der Waals surface area (Å²) in [7, 11) is 1.53. The van der Waals surface area contributed by atoms with Gasteiger partial charge in [0.25, 0.3) is 0 Å². The minimum Gasteiger partial charge on any atom is -0.496 e. The number of Topliss-reactive ketones (excluding diaryl/α,β-unsaturated/α-hetero) is 2. The van der Waals surface area contributed by atoms with Crippen molar-refractivity contribution in [1.29, 1.82) is 0 Å². The third-order valence-corrected chi connectivity index (χ3v) is 3.12. The summed E-state index contributed by atoms with van der Waals surface area (Å²) < 4.78 is 5.20. The van der Waals surface area contributed by atoms with E-state index in [2.05, 4.69) is 4.79 Å². The van der Waals surface area contributed by atoms with Gasteiger partial charge in [0.05, 0.1) is 7.11 Å². The Hall–Kier alpha value is -2.26. The fourth-order valence-electron chi connectivity index (χ4n) is 2.24. The first-order valence-corrected chi connectivity index (χ1v) is 5.57. The second-order valence-electron chi connectivity index (χ2n) is 4.16. The third kappa shape index (κ3) is 2.08. The van der Waals surface area contributed by atoms with Crippen molar-refractivity contribution < 1.29 is 19.1 Å². The lowest BCUT2D eigenvalue weighted by Gasteiger charge is -2.22. The summed E-state index contributed by atoms with van der Waals surface area (Å²) in [5, 5.41) is 0. The molecular formula is C13H12N2O3. The van der Waals surface area contributed by atoms with E-state index in [1.165, 1.54) is 7.11 Å². The van der Waals surface area contributed by atoms with Crippen LogP contribution in [-0.4, -0.2) is 29.7 Å². The van der Waals surface area contributed by atoms with Gasteiger partial charge in [-0.25, -0.2) is 0 Å². The molecular weight excluding hydrogens is 232 g/mol. The van der Waals surface area contributed by atoms with Gasteiger partial charge >= 0.3 is 6.21 Å². The maximum atomic E-state index is 12.0. The molecule has 0 saturated heterocycles. The highest BCUT2D eigenvalue weighted by atomic mass is 16.5. The number of methoxy groups -OCH3 is 1. The molecule has 0 N–H and O–H groups in total. The fourth-order valence-corrected chi connectivity index (χ4v) is 2.24. The Kier molecular flexibility index (Phi) is 3.35. The van der Waals surface area contributed by atoms with E-state index in [1.54, 1.807) is 18.2 Å². The number of ether oxygens (including phenoxy) is 1. The second kappa shape index (κ2) is 4.94. The average molecular weight is 244 g/mol. The lowest BCUT2D eigenvalue weighted by Crippen LogP contribution is -2.27. The number of fused-ring (bicyclic) bond motifs is 1. The van der Waals surface area contributed by atoms with Crippen LogP contribution in [0.25, 0.3) is 5.53 Å². The Balaban J connectivity index is 2.40. The molecule has 18 heavy (non-hydrogen) atoms. The van der Waals surface area contributed by atoms with E-state index >= 15 is 0 Å². The number of carbonyl (C=O) groups excluding carboxylic acids is 2. The summed E-state index contributed by atoms with van der Waals surface area (Å²) in [6.07, 6.45) is 1.42. The van der Waals surface area contributed by atoms with Gasteiger partial charge in [0.15, 0.2) is 5.78 Å². The van der Waals surface area contributed by atoms with Gasteiger partial charge in [0, 0.05) is 23.5 Å². The Morgan fingerprint density at radius 3 is 2.94 bits per heavy atom. The van der Waals surface area contributed by atoms with E-state index in [0.717, 1.165) is 11.8 Å². The predicted octanol–water partition coefficient (Wildman–Crippen LogP) is 1.31. The first kappa shape index (κ1) is 12.2. The summed E-state index contributed by atoms with van der Waals surface area (Å²) >= 11 is 0. The lowest BCUT2D eigenvalue weighted by molar-refractivity contribution is -0.119. The van der Waals surface area contributed by atoms with Gasteiger partial charge in [-0.2, -0.15) is 4.79 Å². The fraction of sp³-hybridized carbons (Fsp3) is 0.308. The maximum Gasteiger partial charge on any atom is 0.323 e. The second-order valence-corrected chi connectivity index (χ2v) is 4.16. The van der Waals surface area contributed by atoms with Crippen molar-refractivity contribution >= 4 is 17.8 Å². The number of hydrogen-bond donors (Lipinski definition) is 0. The van der Waals surface area contributed by atoms with Crippen LogP contribution >= 0.6 is 0 Å². The Morgan fingerprint density at radius 2 is 2.28 bits per heavy atom. The molecule has 1 aromatic carbocycles. The number of ketones is 2. The molecule has 0 fully saturated rings. The third-order valence-electron chi connectivity index (χ3n) is 3.12. The first-order valence-electron chi connectivity index (χ1n) is 5.57. The van der Waals surface area contributed by atoms with Crippen molar-refractivity contribution in [2.45, 2.75) is 12.8 Å². The van der Waals surface area contributed by atoms with E-state index in [-0.39, 0.29) is 18.0 Å². The smallest absolute Gasteiger partial charge is 0.323 e. The maximum absolute atomic E-state index is 12.0. The van der Waals surface area contributed by atoms with Gasteiger partial charge in [0.1, 0.15) is 5.75 Å². The van der Waals surface area contributed by atoms with Gasteiger partial charge in [-0.05, 0) is 12.5 Å². The summed E-state index contributed by atoms with van der Waals surface area (Å²) in [6, 6.07) is 5.26. The minimum absolute atomic E-state index is 0.0835. The zero-order valence-corrected chi connectivity index (χ0v) is 9.92. The van der Waals surface area contributed by atoms with Crippen LogP contribution in [0.2, 0.25) is 0 Å². The Labute approximate surface area is 104 Å². The van der Waals surface area contributed by atoms with Gasteiger partial charge in [-0.1, -0.05) is 12.1 Å². The first-order chi connectivity index (χ1) is 8.67. The van der Waals surface area contributed by atoms with Crippen LogP contribution < -0.4 is 4.74 Å². The number of rotatable bonds is 3. The molecule has 0 aliphatic heterocycles. The van der Waals surface area contributed by atoms with E-state index in [0.29, 0.717) is 17.7 Å². The molecule has 2 rings (SSSR count). The molecule has 0 bridgehead atoms. The monoisotopic (exact) mass is 244 g/mol. The molecule has 0 heterocycles. The molecule has 0 radical (unpaired) electrons. The van der Waals surface area contributed by atoms with E-state index in [1.807, 2.05) is 0 Å². The van der Waals surface area contributed by atoms with E-state index in [4.69, 9.17) is 10.3 Å². The van der Waals surface area contributed by atoms with Crippen molar-refractivity contribution in [2.24, 2.45) is 5.92 Å². The van der Waals surface area contributed by atoms with Crippen LogP contribution in [0, 0.1) is 5.92 Å². The van der Waals surface area contributed by atoms with Crippen LogP contribution in [0.5, 0.6) is 5.75 Å². The van der Waals surface area contributed by atoms with Crippen molar-refractivity contribution in [3.05, 3.63) is 34.9 Å². The molecule has 0 aromatic heterocycles. The standard InChI is InChI=1S/C13H12N2O3/c1-18-13-4-2-3-9-10(13)5-8(6-11(9)16)12(17)7-15-14/h2-4,7-8H,5-6H2,1H3. The SMILES string of the molecule is COc1cccc2c1CC(C(=O)C=[N+]=[N-])CC2=O. The minimum atomic E-state index is -0.475. The summed E-state index contributed by atoms with van der Waals surface area (Å²) in [4.78, 5) is 26.3. The molecule has 0 amide bonds. The largest absolute Gasteiger partial charge is 0.496 e. The highest BCUT2D eigenvalue weighted by molar-refractivity contribution is 6.27. The molecule has 1 unspecified atom stereocenters. The van der Waals surface area contributed by atoms with Crippen molar-refractivity contribution in [3.8, 4) is 5.75 Å². The summed E-state index contributed by atoms with van der Waals surface area (Å²) in [6.45, 7) is 0. The molecule has 1 aliphatic rings. The van der Waals surface area contributed by atoms with Crippen molar-refractivity contribution in [3.63, 3.8) is 0 Å². The number of hydrogen-bond acceptors (Lipinski definition) is 3. The molecule has 1 aromatic rings. The number of nitrogens with zero attached hydrogens (tertiary/aromatic N) is 2. The van der Waals surface area contributed by atoms with Gasteiger partial charge in [-0.3, -0.25) is 9.59 Å². The average Bonchev–Trinajstić information content (AvgIpc) is 2.38. The van der Waals surface area contributed by atoms with Gasteiger partial charge in [0.2, 0.25) is 5.78 Å². The van der Waals surface area contributed by atoms with Crippen LogP contribution in [-0.2, 0) is 11.2 Å². The molecule has 1 atom stereocenters. The van der Waals surface area contributed by atoms with Crippen LogP contribution in [0.1, 0.15) is 22.3 Å². The molecule has 5 heteroatoms. The quantitative estimate of drug-likeness (QED) is 0.456. The van der Waals surface area contributed by atoms with Crippen LogP contribution in [0.15, 0.2) is 18.2 Å². The Morgan fingerprint density at radius 1 is 1.50 bits per heavy atom. The highest BCUT2D eigenvalue weighted by Crippen LogP contribution is 2.32. The number of carbonyl (C=O) groups is 2. The van der Waals surface area contributed by atoms with Crippen LogP contribution in [0.4, 0.5) is 0 Å². The topological polar surface area (TPSA) is 79.8 Å². The van der Waals surface area contributed by atoms with Crippen molar-refractivity contribution in [2.75, 3.05) is 7.11 Å². The number of benzene rings is 1. The van der Waals surface area contributed by atoms with E-state index < -0.39 is 5.92 Å². The highest BCUT2D eigenvalue weighted by Gasteiger charge is 2.32. The Bertz CT molecular complexity index is 559. The molecule has 92 valence electrons. The van der Waals surface area contributed by atoms with Crippen molar-refractivity contribution in [1.82, 2.24) is 0 Å². The lowest BCUT2D eigenvalue weighted by atomic mass is 9.80. The summed E-state index contributed by atoms with van der Waals surface area (Å²) in [5.74, 6) is -0.293. The predicted molar refractivity (Wildman–Crippen MR) is 63.8 cm³/mol. The molecule has 5 nitrogen and oxygen atoms in total. The zero-order chi connectivity index (χ0) is 13.1. The van der Waals surface area contributed by atoms with Gasteiger partial charge < -0.3 is 10.3 Å². The normalized spacial score (nSPS) is 17.6. The summed E-state index contributed by atoms with van der Waals surface area (Å²) in [5.41, 5.74) is 9.73. The molecule has 0 spiro atoms. The molecule has 1 aliphatic carbocycles. The zero-order valence-electron chi connectivity index (χ0n) is 9.92.